The number of nitrogens with one attached hydrogen (secondary N) is 1. The Bertz CT molecular complexity index is 903. The van der Waals surface area contributed by atoms with E-state index in [1.165, 1.54) is 0 Å². The highest BCUT2D eigenvalue weighted by atomic mass is 16.2. The normalized spacial score (nSPS) is 15.6. The molecule has 0 saturated heterocycles. The van der Waals surface area contributed by atoms with Gasteiger partial charge in [0.25, 0.3) is 11.8 Å². The Kier molecular flexibility index (Phi) is 3.53. The fourth-order valence-corrected chi connectivity index (χ4v) is 3.07. The summed E-state index contributed by atoms with van der Waals surface area (Å²) >= 11 is 0. The van der Waals surface area contributed by atoms with E-state index in [1.807, 2.05) is 6.07 Å². The Morgan fingerprint density at radius 3 is 2.60 bits per heavy atom. The molecule has 2 heterocycles. The number of amides is 2. The minimum atomic E-state index is -0.160. The average molecular weight is 335 g/mol. The highest BCUT2D eigenvalue weighted by Gasteiger charge is 2.34. The molecule has 0 spiro atoms. The van der Waals surface area contributed by atoms with Crippen LogP contribution in [0.1, 0.15) is 50.5 Å². The molecule has 7 nitrogen and oxygen atoms in total. The SMILES string of the molecule is Cn1nc(C(=O)NC2CC2)c2c1CN(C(=O)c1ccc(C#N)cc1)C2. The Morgan fingerprint density at radius 1 is 1.24 bits per heavy atom. The van der Waals surface area contributed by atoms with Crippen LogP contribution in [0.4, 0.5) is 0 Å². The van der Waals surface area contributed by atoms with Gasteiger partial charge in [-0.2, -0.15) is 10.4 Å². The summed E-state index contributed by atoms with van der Waals surface area (Å²) in [4.78, 5) is 26.8. The number of nitrogens with zero attached hydrogens (tertiary/aromatic N) is 4. The van der Waals surface area contributed by atoms with E-state index in [-0.39, 0.29) is 17.9 Å². The van der Waals surface area contributed by atoms with Crippen LogP contribution in [0, 0.1) is 11.3 Å². The van der Waals surface area contributed by atoms with E-state index >= 15 is 0 Å². The van der Waals surface area contributed by atoms with E-state index in [9.17, 15) is 9.59 Å². The summed E-state index contributed by atoms with van der Waals surface area (Å²) in [6, 6.07) is 8.88. The zero-order chi connectivity index (χ0) is 17.6. The lowest BCUT2D eigenvalue weighted by Crippen LogP contribution is -2.29. The second-order valence-electron chi connectivity index (χ2n) is 6.50. The van der Waals surface area contributed by atoms with Gasteiger partial charge in [-0.05, 0) is 37.1 Å². The molecule has 0 unspecified atom stereocenters. The summed E-state index contributed by atoms with van der Waals surface area (Å²) in [5.74, 6) is -0.277. The predicted molar refractivity (Wildman–Crippen MR) is 88.4 cm³/mol. The first kappa shape index (κ1) is 15.4. The highest BCUT2D eigenvalue weighted by molar-refractivity contribution is 5.97. The van der Waals surface area contributed by atoms with Crippen LogP contribution in [-0.2, 0) is 20.1 Å². The Morgan fingerprint density at radius 2 is 1.96 bits per heavy atom. The molecule has 2 amide bonds. The van der Waals surface area contributed by atoms with Gasteiger partial charge < -0.3 is 10.2 Å². The third-order valence-corrected chi connectivity index (χ3v) is 4.64. The number of hydrogen-bond acceptors (Lipinski definition) is 4. The van der Waals surface area contributed by atoms with Crippen molar-refractivity contribution in [2.24, 2.45) is 7.05 Å². The summed E-state index contributed by atoms with van der Waals surface area (Å²) in [6.45, 7) is 0.795. The summed E-state index contributed by atoms with van der Waals surface area (Å²) < 4.78 is 1.68. The molecule has 1 aliphatic heterocycles. The minimum absolute atomic E-state index is 0.116. The van der Waals surface area contributed by atoms with E-state index in [2.05, 4.69) is 10.4 Å². The number of carbonyl (C=O) groups excluding carboxylic acids is 2. The Hall–Kier alpha value is -3.14. The maximum absolute atomic E-state index is 12.7. The maximum Gasteiger partial charge on any atom is 0.272 e. The van der Waals surface area contributed by atoms with E-state index in [0.29, 0.717) is 29.9 Å². The van der Waals surface area contributed by atoms with Crippen molar-refractivity contribution < 1.29 is 9.59 Å². The molecule has 1 aromatic carbocycles. The maximum atomic E-state index is 12.7. The standard InChI is InChI=1S/C18H17N5O2/c1-22-15-10-23(18(25)12-4-2-11(8-19)3-5-12)9-14(15)16(21-22)17(24)20-13-6-7-13/h2-5,13H,6-7,9-10H2,1H3,(H,20,24). The van der Waals surface area contributed by atoms with Gasteiger partial charge in [-0.15, -0.1) is 0 Å². The smallest absolute Gasteiger partial charge is 0.272 e. The number of fused-ring (bicyclic) bond motifs is 1. The number of hydrogen-bond donors (Lipinski definition) is 1. The molecule has 1 aromatic heterocycles. The largest absolute Gasteiger partial charge is 0.348 e. The number of benzene rings is 1. The van der Waals surface area contributed by atoms with Crippen LogP contribution < -0.4 is 5.32 Å². The zero-order valence-electron chi connectivity index (χ0n) is 13.8. The van der Waals surface area contributed by atoms with Crippen molar-refractivity contribution in [2.75, 3.05) is 0 Å². The Balaban J connectivity index is 1.55. The molecule has 4 rings (SSSR count). The lowest BCUT2D eigenvalue weighted by molar-refractivity contribution is 0.0745. The molecule has 1 fully saturated rings. The van der Waals surface area contributed by atoms with Gasteiger partial charge in [0.05, 0.1) is 30.4 Å². The predicted octanol–water partition coefficient (Wildman–Crippen LogP) is 1.34. The molecule has 0 atom stereocenters. The first-order valence-electron chi connectivity index (χ1n) is 8.22. The van der Waals surface area contributed by atoms with Crippen molar-refractivity contribution in [1.82, 2.24) is 20.0 Å². The molecule has 25 heavy (non-hydrogen) atoms. The van der Waals surface area contributed by atoms with Gasteiger partial charge in [0.15, 0.2) is 5.69 Å². The van der Waals surface area contributed by atoms with Crippen molar-refractivity contribution in [3.05, 3.63) is 52.3 Å². The van der Waals surface area contributed by atoms with Crippen molar-refractivity contribution in [3.63, 3.8) is 0 Å². The first-order chi connectivity index (χ1) is 12.1. The lowest BCUT2D eigenvalue weighted by atomic mass is 10.1. The zero-order valence-corrected chi connectivity index (χ0v) is 13.8. The van der Waals surface area contributed by atoms with Gasteiger partial charge in [-0.3, -0.25) is 14.3 Å². The van der Waals surface area contributed by atoms with Gasteiger partial charge in [-0.25, -0.2) is 0 Å². The quantitative estimate of drug-likeness (QED) is 0.916. The fourth-order valence-electron chi connectivity index (χ4n) is 3.07. The van der Waals surface area contributed by atoms with E-state index in [4.69, 9.17) is 5.26 Å². The summed E-state index contributed by atoms with van der Waals surface area (Å²) in [5.41, 5.74) is 3.18. The molecule has 126 valence electrons. The van der Waals surface area contributed by atoms with Gasteiger partial charge in [-0.1, -0.05) is 0 Å². The van der Waals surface area contributed by atoms with Gasteiger partial charge >= 0.3 is 0 Å². The van der Waals surface area contributed by atoms with Crippen molar-refractivity contribution in [2.45, 2.75) is 32.0 Å². The number of aryl methyl sites for hydroxylation is 1. The van der Waals surface area contributed by atoms with Gasteiger partial charge in [0.1, 0.15) is 0 Å². The summed E-state index contributed by atoms with van der Waals surface area (Å²) in [7, 11) is 1.79. The van der Waals surface area contributed by atoms with Crippen LogP contribution in [0.5, 0.6) is 0 Å². The van der Waals surface area contributed by atoms with Crippen molar-refractivity contribution >= 4 is 11.8 Å². The molecular formula is C18H17N5O2. The van der Waals surface area contributed by atoms with Crippen LogP contribution >= 0.6 is 0 Å². The number of carbonyl (C=O) groups is 2. The van der Waals surface area contributed by atoms with Crippen LogP contribution in [0.2, 0.25) is 0 Å². The van der Waals surface area contributed by atoms with Crippen molar-refractivity contribution in [3.8, 4) is 6.07 Å². The molecule has 1 saturated carbocycles. The van der Waals surface area contributed by atoms with Gasteiger partial charge in [0, 0.05) is 24.2 Å². The highest BCUT2D eigenvalue weighted by Crippen LogP contribution is 2.28. The van der Waals surface area contributed by atoms with Gasteiger partial charge in [0.2, 0.25) is 0 Å². The van der Waals surface area contributed by atoms with Crippen LogP contribution in [0.3, 0.4) is 0 Å². The third-order valence-electron chi connectivity index (χ3n) is 4.64. The molecule has 2 aliphatic rings. The van der Waals surface area contributed by atoms with E-state index in [0.717, 1.165) is 24.1 Å². The van der Waals surface area contributed by atoms with Crippen LogP contribution in [0.15, 0.2) is 24.3 Å². The number of nitriles is 1. The number of aromatic nitrogens is 2. The fraction of sp³-hybridized carbons (Fsp3) is 0.333. The Labute approximate surface area is 144 Å². The molecule has 7 heteroatoms. The topological polar surface area (TPSA) is 91.0 Å². The van der Waals surface area contributed by atoms with Crippen LogP contribution in [0.25, 0.3) is 0 Å². The van der Waals surface area contributed by atoms with Crippen molar-refractivity contribution in [1.29, 1.82) is 5.26 Å². The van der Waals surface area contributed by atoms with Crippen LogP contribution in [-0.4, -0.2) is 32.5 Å². The first-order valence-corrected chi connectivity index (χ1v) is 8.22. The second kappa shape index (κ2) is 5.74. The monoisotopic (exact) mass is 335 g/mol. The third kappa shape index (κ3) is 2.76. The minimum Gasteiger partial charge on any atom is -0.348 e. The molecule has 1 N–H and O–H groups in total. The number of rotatable bonds is 3. The average Bonchev–Trinajstić information content (AvgIpc) is 3.23. The molecule has 1 aliphatic carbocycles. The second-order valence-corrected chi connectivity index (χ2v) is 6.50. The molecule has 0 bridgehead atoms. The molecule has 0 radical (unpaired) electrons. The van der Waals surface area contributed by atoms with E-state index < -0.39 is 0 Å². The summed E-state index contributed by atoms with van der Waals surface area (Å²) in [6.07, 6.45) is 2.04. The lowest BCUT2D eigenvalue weighted by Gasteiger charge is -2.16. The molecular weight excluding hydrogens is 318 g/mol. The molecule has 2 aromatic rings. The summed E-state index contributed by atoms with van der Waals surface area (Å²) in [5, 5.41) is 16.1. The van der Waals surface area contributed by atoms with E-state index in [1.54, 1.807) is 40.9 Å².